The van der Waals surface area contributed by atoms with Gasteiger partial charge in [0.25, 0.3) is 0 Å². The number of carbonyl (C=O) groups excluding carboxylic acids is 3. The Morgan fingerprint density at radius 3 is 2.16 bits per heavy atom. The van der Waals surface area contributed by atoms with E-state index in [1.54, 1.807) is 31.1 Å². The summed E-state index contributed by atoms with van der Waals surface area (Å²) in [6.45, 7) is 18.7. The van der Waals surface area contributed by atoms with Gasteiger partial charge in [-0.2, -0.15) is 0 Å². The van der Waals surface area contributed by atoms with Crippen LogP contribution >= 0.6 is 0 Å². The third-order valence-electron chi connectivity index (χ3n) is 8.76. The molecule has 3 unspecified atom stereocenters. The number of esters is 1. The maximum Gasteiger partial charge on any atom is 0.407 e. The number of nitrogens with one attached hydrogen (secondary N) is 1. The monoisotopic (exact) mass is 602 g/mol. The molecular formula is C34H54N2O7. The van der Waals surface area contributed by atoms with Gasteiger partial charge in [-0.25, -0.2) is 9.59 Å². The lowest BCUT2D eigenvalue weighted by atomic mass is 9.65. The first-order valence-electron chi connectivity index (χ1n) is 15.3. The molecule has 9 nitrogen and oxygen atoms in total. The first kappa shape index (κ1) is 36.1. The fourth-order valence-corrected chi connectivity index (χ4v) is 6.38. The molecule has 2 rings (SSSR count). The van der Waals surface area contributed by atoms with Crippen LogP contribution in [-0.2, 0) is 32.1 Å². The first-order valence-corrected chi connectivity index (χ1v) is 15.3. The Kier molecular flexibility index (Phi) is 11.5. The SMILES string of the molecule is CC(C)C(C)(CC(C)(C)Cc1cc(COC(=O)NCCOC(=O)C2(CC(C)(C)C)CC2C)ccc1C(=O)O)C(=O)N(C)C. The number of amides is 2. The van der Waals surface area contributed by atoms with Crippen molar-refractivity contribution in [2.24, 2.45) is 33.5 Å². The van der Waals surface area contributed by atoms with E-state index in [4.69, 9.17) is 9.47 Å². The number of carboxylic acids is 1. The highest BCUT2D eigenvalue weighted by molar-refractivity contribution is 5.89. The summed E-state index contributed by atoms with van der Waals surface area (Å²) in [6.07, 6.45) is 1.93. The lowest BCUT2D eigenvalue weighted by Gasteiger charge is -2.41. The van der Waals surface area contributed by atoms with Crippen LogP contribution in [0.4, 0.5) is 4.79 Å². The maximum atomic E-state index is 13.1. The van der Waals surface area contributed by atoms with Gasteiger partial charge in [-0.3, -0.25) is 9.59 Å². The molecule has 1 saturated carbocycles. The highest BCUT2D eigenvalue weighted by Crippen LogP contribution is 2.59. The van der Waals surface area contributed by atoms with Gasteiger partial charge in [0.1, 0.15) is 13.2 Å². The Hall–Kier alpha value is -3.10. The summed E-state index contributed by atoms with van der Waals surface area (Å²) in [5, 5.41) is 12.5. The van der Waals surface area contributed by atoms with Gasteiger partial charge in [-0.1, -0.05) is 74.4 Å². The van der Waals surface area contributed by atoms with E-state index < -0.39 is 28.3 Å². The average molecular weight is 603 g/mol. The summed E-state index contributed by atoms with van der Waals surface area (Å²) in [5.74, 6) is -0.821. The van der Waals surface area contributed by atoms with Crippen LogP contribution in [0.15, 0.2) is 18.2 Å². The molecule has 0 heterocycles. The van der Waals surface area contributed by atoms with Crippen LogP contribution in [0.3, 0.4) is 0 Å². The standard InChI is InChI=1S/C34H54N2O7/c1-22(2)33(9,28(39)36(10)11)21-32(7,8)18-25-16-24(12-13-26(25)27(37)38)19-43-30(41)35-14-15-42-29(40)34(17-23(34)3)20-31(4,5)6/h12-13,16,22-23H,14-15,17-21H2,1-11H3,(H,35,41)(H,37,38). The highest BCUT2D eigenvalue weighted by Gasteiger charge is 2.59. The molecule has 1 aliphatic carbocycles. The molecule has 1 aromatic rings. The van der Waals surface area contributed by atoms with Crippen LogP contribution in [-0.4, -0.2) is 61.2 Å². The number of rotatable bonds is 14. The van der Waals surface area contributed by atoms with Gasteiger partial charge in [-0.05, 0) is 65.5 Å². The van der Waals surface area contributed by atoms with E-state index in [1.807, 2.05) is 34.6 Å². The van der Waals surface area contributed by atoms with Gasteiger partial charge in [0.15, 0.2) is 0 Å². The molecule has 9 heteroatoms. The fraction of sp³-hybridized carbons (Fsp3) is 0.706. The number of nitrogens with zero attached hydrogens (tertiary/aromatic N) is 1. The molecule has 242 valence electrons. The Bertz CT molecular complexity index is 1180. The second-order valence-electron chi connectivity index (χ2n) is 15.2. The first-order chi connectivity index (χ1) is 19.6. The van der Waals surface area contributed by atoms with Crippen LogP contribution in [0, 0.1) is 33.5 Å². The van der Waals surface area contributed by atoms with Crippen molar-refractivity contribution in [2.45, 2.75) is 94.6 Å². The average Bonchev–Trinajstić information content (AvgIpc) is 3.51. The van der Waals surface area contributed by atoms with Crippen molar-refractivity contribution >= 4 is 23.9 Å². The van der Waals surface area contributed by atoms with Crippen LogP contribution < -0.4 is 5.32 Å². The van der Waals surface area contributed by atoms with E-state index in [0.717, 1.165) is 12.8 Å². The predicted octanol–water partition coefficient (Wildman–Crippen LogP) is 6.33. The Morgan fingerprint density at radius 2 is 1.67 bits per heavy atom. The second kappa shape index (κ2) is 13.7. The number of aromatic carboxylic acids is 1. The van der Waals surface area contributed by atoms with Crippen LogP contribution in [0.2, 0.25) is 0 Å². The van der Waals surface area contributed by atoms with Gasteiger partial charge in [0, 0.05) is 19.5 Å². The summed E-state index contributed by atoms with van der Waals surface area (Å²) in [5.41, 5.74) is 0.0304. The molecule has 0 radical (unpaired) electrons. The highest BCUT2D eigenvalue weighted by atomic mass is 16.6. The molecule has 2 amide bonds. The third kappa shape index (κ3) is 9.70. The van der Waals surface area contributed by atoms with Gasteiger partial charge in [-0.15, -0.1) is 0 Å². The summed E-state index contributed by atoms with van der Waals surface area (Å²) in [7, 11) is 3.50. The van der Waals surface area contributed by atoms with E-state index in [1.165, 1.54) is 6.07 Å². The molecule has 43 heavy (non-hydrogen) atoms. The number of hydrogen-bond donors (Lipinski definition) is 2. The molecule has 3 atom stereocenters. The zero-order valence-corrected chi connectivity index (χ0v) is 28.2. The third-order valence-corrected chi connectivity index (χ3v) is 8.76. The minimum Gasteiger partial charge on any atom is -0.478 e. The molecule has 1 aliphatic rings. The number of alkyl carbamates (subject to hydrolysis) is 1. The molecular weight excluding hydrogens is 548 g/mol. The van der Waals surface area contributed by atoms with Gasteiger partial charge < -0.3 is 24.8 Å². The summed E-state index contributed by atoms with van der Waals surface area (Å²) < 4.78 is 10.8. The lowest BCUT2D eigenvalue weighted by molar-refractivity contribution is -0.152. The van der Waals surface area contributed by atoms with E-state index in [0.29, 0.717) is 29.9 Å². The maximum absolute atomic E-state index is 13.1. The van der Waals surface area contributed by atoms with Crippen LogP contribution in [0.5, 0.6) is 0 Å². The van der Waals surface area contributed by atoms with E-state index >= 15 is 0 Å². The molecule has 1 fully saturated rings. The smallest absolute Gasteiger partial charge is 0.407 e. The Balaban J connectivity index is 1.99. The van der Waals surface area contributed by atoms with Gasteiger partial charge in [0.05, 0.1) is 17.5 Å². The minimum atomic E-state index is -1.04. The zero-order valence-electron chi connectivity index (χ0n) is 28.2. The van der Waals surface area contributed by atoms with Gasteiger partial charge in [0.2, 0.25) is 5.91 Å². The molecule has 0 bridgehead atoms. The van der Waals surface area contributed by atoms with Crippen molar-refractivity contribution in [1.82, 2.24) is 10.2 Å². The largest absolute Gasteiger partial charge is 0.478 e. The second-order valence-corrected chi connectivity index (χ2v) is 15.2. The molecule has 2 N–H and O–H groups in total. The summed E-state index contributed by atoms with van der Waals surface area (Å²) in [6, 6.07) is 4.92. The summed E-state index contributed by atoms with van der Waals surface area (Å²) in [4.78, 5) is 51.8. The van der Waals surface area contributed by atoms with E-state index in [-0.39, 0.29) is 48.5 Å². The molecule has 1 aromatic carbocycles. The molecule has 0 aliphatic heterocycles. The van der Waals surface area contributed by atoms with Crippen molar-refractivity contribution in [2.75, 3.05) is 27.2 Å². The van der Waals surface area contributed by atoms with Crippen molar-refractivity contribution in [3.63, 3.8) is 0 Å². The van der Waals surface area contributed by atoms with E-state index in [9.17, 15) is 24.3 Å². The van der Waals surface area contributed by atoms with Crippen molar-refractivity contribution in [3.05, 3.63) is 34.9 Å². The number of carboxylic acid groups (broad SMARTS) is 1. The Morgan fingerprint density at radius 1 is 1.07 bits per heavy atom. The van der Waals surface area contributed by atoms with Crippen molar-refractivity contribution in [1.29, 1.82) is 0 Å². The van der Waals surface area contributed by atoms with Crippen molar-refractivity contribution < 1.29 is 33.8 Å². The number of carbonyl (C=O) groups is 4. The van der Waals surface area contributed by atoms with Crippen LogP contribution in [0.25, 0.3) is 0 Å². The zero-order chi connectivity index (χ0) is 33.0. The van der Waals surface area contributed by atoms with E-state index in [2.05, 4.69) is 33.0 Å². The van der Waals surface area contributed by atoms with Crippen LogP contribution in [0.1, 0.15) is 103 Å². The topological polar surface area (TPSA) is 122 Å². The molecule has 0 spiro atoms. The number of ether oxygens (including phenoxy) is 2. The molecule has 0 aromatic heterocycles. The quantitative estimate of drug-likeness (QED) is 0.189. The van der Waals surface area contributed by atoms with Gasteiger partial charge >= 0.3 is 18.0 Å². The predicted molar refractivity (Wildman–Crippen MR) is 167 cm³/mol. The number of hydrogen-bond acceptors (Lipinski definition) is 6. The van der Waals surface area contributed by atoms with Crippen molar-refractivity contribution in [3.8, 4) is 0 Å². The Labute approximate surface area is 258 Å². The lowest BCUT2D eigenvalue weighted by Crippen LogP contribution is -2.44. The normalized spacial score (nSPS) is 19.8. The number of benzene rings is 1. The summed E-state index contributed by atoms with van der Waals surface area (Å²) >= 11 is 0. The minimum absolute atomic E-state index is 0.0178. The fourth-order valence-electron chi connectivity index (χ4n) is 6.38. The molecule has 0 saturated heterocycles.